The zero-order chi connectivity index (χ0) is 14.5. The van der Waals surface area contributed by atoms with E-state index in [-0.39, 0.29) is 0 Å². The van der Waals surface area contributed by atoms with Crippen LogP contribution in [0.2, 0.25) is 0 Å². The Kier molecular flexibility index (Phi) is 5.47. The van der Waals surface area contributed by atoms with E-state index in [9.17, 15) is 0 Å². The van der Waals surface area contributed by atoms with Crippen LogP contribution in [0.3, 0.4) is 0 Å². The molecule has 1 aromatic rings. The van der Waals surface area contributed by atoms with Gasteiger partial charge in [-0.25, -0.2) is 0 Å². The molecule has 0 spiro atoms. The lowest BCUT2D eigenvalue weighted by Gasteiger charge is -2.40. The number of nitrogens with one attached hydrogen (secondary N) is 1. The van der Waals surface area contributed by atoms with E-state index in [1.807, 2.05) is 0 Å². The molecule has 2 rings (SSSR count). The van der Waals surface area contributed by atoms with Gasteiger partial charge in [-0.05, 0) is 50.3 Å². The Labute approximate surface area is 124 Å². The summed E-state index contributed by atoms with van der Waals surface area (Å²) < 4.78 is 0. The summed E-state index contributed by atoms with van der Waals surface area (Å²) in [4.78, 5) is 2.64. The summed E-state index contributed by atoms with van der Waals surface area (Å²) in [5.74, 6) is 0.673. The van der Waals surface area contributed by atoms with Crippen molar-refractivity contribution < 1.29 is 0 Å². The smallest absolute Gasteiger partial charge is 0.0437 e. The van der Waals surface area contributed by atoms with Crippen LogP contribution in [0.15, 0.2) is 18.2 Å². The quantitative estimate of drug-likeness (QED) is 0.794. The molecular weight excluding hydrogens is 244 g/mol. The minimum Gasteiger partial charge on any atom is -0.367 e. The number of anilines is 1. The lowest BCUT2D eigenvalue weighted by molar-refractivity contribution is 0.417. The second-order valence-corrected chi connectivity index (χ2v) is 6.44. The first-order valence-electron chi connectivity index (χ1n) is 8.20. The molecule has 2 nitrogen and oxygen atoms in total. The van der Waals surface area contributed by atoms with Crippen molar-refractivity contribution in [1.29, 1.82) is 0 Å². The second kappa shape index (κ2) is 7.12. The minimum absolute atomic E-state index is 0.600. The van der Waals surface area contributed by atoms with Crippen LogP contribution in [0.4, 0.5) is 5.69 Å². The molecule has 112 valence electrons. The van der Waals surface area contributed by atoms with Crippen LogP contribution < -0.4 is 10.2 Å². The first-order chi connectivity index (χ1) is 9.63. The van der Waals surface area contributed by atoms with E-state index < -0.39 is 0 Å². The van der Waals surface area contributed by atoms with Crippen molar-refractivity contribution in [1.82, 2.24) is 5.32 Å². The van der Waals surface area contributed by atoms with Gasteiger partial charge in [-0.3, -0.25) is 0 Å². The van der Waals surface area contributed by atoms with Crippen LogP contribution >= 0.6 is 0 Å². The Morgan fingerprint density at radius 3 is 2.80 bits per heavy atom. The van der Waals surface area contributed by atoms with Crippen LogP contribution in [-0.2, 0) is 6.42 Å². The Bertz CT molecular complexity index is 425. The van der Waals surface area contributed by atoms with Gasteiger partial charge in [-0.1, -0.05) is 38.5 Å². The second-order valence-electron chi connectivity index (χ2n) is 6.44. The average molecular weight is 274 g/mol. The molecule has 20 heavy (non-hydrogen) atoms. The number of hydrogen-bond donors (Lipinski definition) is 1. The van der Waals surface area contributed by atoms with E-state index in [0.717, 1.165) is 13.1 Å². The predicted octanol–water partition coefficient (Wildman–Crippen LogP) is 3.77. The molecule has 1 atom stereocenters. The van der Waals surface area contributed by atoms with Crippen LogP contribution in [0, 0.1) is 12.8 Å². The number of rotatable bonds is 6. The predicted molar refractivity (Wildman–Crippen MR) is 88.6 cm³/mol. The average Bonchev–Trinajstić information content (AvgIpc) is 2.42. The third kappa shape index (κ3) is 3.54. The normalized spacial score (nSPS) is 16.4. The lowest BCUT2D eigenvalue weighted by atomic mass is 9.94. The zero-order valence-electron chi connectivity index (χ0n) is 13.6. The third-order valence-electron chi connectivity index (χ3n) is 4.34. The van der Waals surface area contributed by atoms with Crippen LogP contribution in [0.5, 0.6) is 0 Å². The molecule has 2 heteroatoms. The van der Waals surface area contributed by atoms with Crippen molar-refractivity contribution >= 4 is 5.69 Å². The van der Waals surface area contributed by atoms with Crippen LogP contribution in [-0.4, -0.2) is 25.7 Å². The van der Waals surface area contributed by atoms with Crippen LogP contribution in [0.1, 0.15) is 44.7 Å². The number of benzene rings is 1. The van der Waals surface area contributed by atoms with E-state index in [1.54, 1.807) is 0 Å². The fourth-order valence-electron chi connectivity index (χ4n) is 3.23. The van der Waals surface area contributed by atoms with E-state index in [1.165, 1.54) is 42.6 Å². The van der Waals surface area contributed by atoms with Gasteiger partial charge in [0.15, 0.2) is 0 Å². The van der Waals surface area contributed by atoms with E-state index in [4.69, 9.17) is 0 Å². The van der Waals surface area contributed by atoms with Crippen molar-refractivity contribution in [2.75, 3.05) is 24.5 Å². The number of aryl methyl sites for hydroxylation is 2. The van der Waals surface area contributed by atoms with Gasteiger partial charge < -0.3 is 10.2 Å². The van der Waals surface area contributed by atoms with E-state index in [0.29, 0.717) is 12.0 Å². The van der Waals surface area contributed by atoms with Gasteiger partial charge in [-0.15, -0.1) is 0 Å². The van der Waals surface area contributed by atoms with Gasteiger partial charge in [0.05, 0.1) is 0 Å². The molecule has 0 aromatic heterocycles. The molecule has 1 N–H and O–H groups in total. The standard InChI is InChI=1S/C18H30N2/c1-5-10-19-13-18(14(2)3)20-11-6-7-16-12-15(4)8-9-17(16)20/h8-9,12,14,18-19H,5-7,10-11,13H2,1-4H3. The third-order valence-corrected chi connectivity index (χ3v) is 4.34. The molecule has 0 aliphatic carbocycles. The highest BCUT2D eigenvalue weighted by Crippen LogP contribution is 2.31. The largest absolute Gasteiger partial charge is 0.367 e. The highest BCUT2D eigenvalue weighted by molar-refractivity contribution is 5.57. The molecule has 1 unspecified atom stereocenters. The lowest BCUT2D eigenvalue weighted by Crippen LogP contribution is -2.48. The van der Waals surface area contributed by atoms with Gasteiger partial charge in [-0.2, -0.15) is 0 Å². The summed E-state index contributed by atoms with van der Waals surface area (Å²) in [5, 5.41) is 3.61. The van der Waals surface area contributed by atoms with Crippen molar-refractivity contribution in [3.8, 4) is 0 Å². The van der Waals surface area contributed by atoms with Gasteiger partial charge in [0.2, 0.25) is 0 Å². The molecule has 1 aliphatic rings. The van der Waals surface area contributed by atoms with E-state index >= 15 is 0 Å². The SMILES string of the molecule is CCCNCC(C(C)C)N1CCCc2cc(C)ccc21. The van der Waals surface area contributed by atoms with Gasteiger partial charge >= 0.3 is 0 Å². The summed E-state index contributed by atoms with van der Waals surface area (Å²) in [6, 6.07) is 7.56. The summed E-state index contributed by atoms with van der Waals surface area (Å²) in [5.41, 5.74) is 4.40. The van der Waals surface area contributed by atoms with Gasteiger partial charge in [0.1, 0.15) is 0 Å². The maximum absolute atomic E-state index is 3.61. The molecule has 1 aliphatic heterocycles. The molecule has 0 amide bonds. The highest BCUT2D eigenvalue weighted by atomic mass is 15.2. The van der Waals surface area contributed by atoms with E-state index in [2.05, 4.69) is 56.1 Å². The molecule has 0 fully saturated rings. The summed E-state index contributed by atoms with van der Waals surface area (Å²) >= 11 is 0. The molecule has 0 bridgehead atoms. The number of fused-ring (bicyclic) bond motifs is 1. The summed E-state index contributed by atoms with van der Waals surface area (Å²) in [6.07, 6.45) is 3.73. The summed E-state index contributed by atoms with van der Waals surface area (Å²) in [6.45, 7) is 12.5. The van der Waals surface area contributed by atoms with Gasteiger partial charge in [0, 0.05) is 24.8 Å². The fraction of sp³-hybridized carbons (Fsp3) is 0.667. The zero-order valence-corrected chi connectivity index (χ0v) is 13.6. The summed E-state index contributed by atoms with van der Waals surface area (Å²) in [7, 11) is 0. The Balaban J connectivity index is 2.18. The molecule has 0 saturated carbocycles. The monoisotopic (exact) mass is 274 g/mol. The maximum Gasteiger partial charge on any atom is 0.0437 e. The Morgan fingerprint density at radius 2 is 2.10 bits per heavy atom. The number of hydrogen-bond acceptors (Lipinski definition) is 2. The molecule has 0 radical (unpaired) electrons. The van der Waals surface area contributed by atoms with Crippen molar-refractivity contribution in [2.45, 2.75) is 53.0 Å². The molecule has 1 aromatic carbocycles. The maximum atomic E-state index is 3.61. The fourth-order valence-corrected chi connectivity index (χ4v) is 3.23. The van der Waals surface area contributed by atoms with Crippen LogP contribution in [0.25, 0.3) is 0 Å². The minimum atomic E-state index is 0.600. The van der Waals surface area contributed by atoms with Crippen molar-refractivity contribution in [3.05, 3.63) is 29.3 Å². The Morgan fingerprint density at radius 1 is 1.30 bits per heavy atom. The topological polar surface area (TPSA) is 15.3 Å². The Hall–Kier alpha value is -1.02. The first kappa shape index (κ1) is 15.4. The van der Waals surface area contributed by atoms with Crippen molar-refractivity contribution in [3.63, 3.8) is 0 Å². The molecular formula is C18H30N2. The first-order valence-corrected chi connectivity index (χ1v) is 8.20. The van der Waals surface area contributed by atoms with Crippen molar-refractivity contribution in [2.24, 2.45) is 5.92 Å². The number of nitrogens with zero attached hydrogens (tertiary/aromatic N) is 1. The molecule has 1 heterocycles. The van der Waals surface area contributed by atoms with Gasteiger partial charge in [0.25, 0.3) is 0 Å². The molecule has 0 saturated heterocycles. The highest BCUT2D eigenvalue weighted by Gasteiger charge is 2.26.